The Morgan fingerprint density at radius 2 is 2.08 bits per heavy atom. The highest BCUT2D eigenvalue weighted by atomic mass is 16.5. The van der Waals surface area contributed by atoms with Crippen molar-refractivity contribution in [3.8, 4) is 0 Å². The minimum absolute atomic E-state index is 1.05. The Morgan fingerprint density at radius 3 is 2.77 bits per heavy atom. The second kappa shape index (κ2) is 6.58. The van der Waals surface area contributed by atoms with Crippen LogP contribution in [-0.4, -0.2) is 0 Å². The van der Waals surface area contributed by atoms with Crippen molar-refractivity contribution >= 4 is 0 Å². The van der Waals surface area contributed by atoms with E-state index < -0.39 is 0 Å². The zero-order valence-electron chi connectivity index (χ0n) is 8.38. The number of ether oxygens (including phenoxy) is 1. The van der Waals surface area contributed by atoms with Gasteiger partial charge in [-0.15, -0.1) is 0 Å². The van der Waals surface area contributed by atoms with Crippen molar-refractivity contribution < 1.29 is 4.74 Å². The maximum Gasteiger partial charge on any atom is 0.119 e. The van der Waals surface area contributed by atoms with Crippen LogP contribution in [0.15, 0.2) is 24.4 Å². The number of allylic oxidation sites excluding steroid dienone is 1. The van der Waals surface area contributed by atoms with E-state index in [4.69, 9.17) is 4.74 Å². The largest absolute Gasteiger partial charge is 0.466 e. The van der Waals surface area contributed by atoms with Crippen LogP contribution >= 0.6 is 0 Å². The van der Waals surface area contributed by atoms with Crippen LogP contribution in [-0.2, 0) is 4.74 Å². The number of nitrogens with one attached hydrogen (secondary N) is 1. The van der Waals surface area contributed by atoms with E-state index in [1.54, 1.807) is 12.5 Å². The van der Waals surface area contributed by atoms with Gasteiger partial charge in [-0.05, 0) is 6.42 Å². The van der Waals surface area contributed by atoms with E-state index in [-0.39, 0.29) is 0 Å². The molecule has 0 amide bonds. The van der Waals surface area contributed by atoms with E-state index in [9.17, 15) is 0 Å². The molecule has 13 heavy (non-hydrogen) atoms. The molecule has 1 aliphatic rings. The van der Waals surface area contributed by atoms with E-state index in [0.717, 1.165) is 12.2 Å². The summed E-state index contributed by atoms with van der Waals surface area (Å²) >= 11 is 0. The summed E-state index contributed by atoms with van der Waals surface area (Å²) in [4.78, 5) is 0. The van der Waals surface area contributed by atoms with Crippen LogP contribution in [0.25, 0.3) is 0 Å². The van der Waals surface area contributed by atoms with Crippen LogP contribution in [0.4, 0.5) is 0 Å². The molecule has 0 atom stereocenters. The summed E-state index contributed by atoms with van der Waals surface area (Å²) < 4.78 is 5.30. The van der Waals surface area contributed by atoms with Gasteiger partial charge in [-0.1, -0.05) is 32.6 Å². The molecule has 0 bridgehead atoms. The van der Waals surface area contributed by atoms with Crippen LogP contribution in [0.2, 0.25) is 0 Å². The van der Waals surface area contributed by atoms with Crippen molar-refractivity contribution in [2.75, 3.05) is 0 Å². The number of hydrogen-bond donors (Lipinski definition) is 1. The van der Waals surface area contributed by atoms with Crippen LogP contribution in [0, 0.1) is 0 Å². The maximum absolute atomic E-state index is 5.30. The molecule has 0 saturated heterocycles. The number of hydrogen-bond acceptors (Lipinski definition) is 2. The molecule has 0 unspecified atom stereocenters. The molecule has 0 aliphatic carbocycles. The summed E-state index contributed by atoms with van der Waals surface area (Å²) in [6.45, 7) is 2.24. The fraction of sp³-hybridized carbons (Fsp3) is 0.636. The van der Waals surface area contributed by atoms with Gasteiger partial charge >= 0.3 is 0 Å². The first-order valence-electron chi connectivity index (χ1n) is 5.20. The highest BCUT2D eigenvalue weighted by Crippen LogP contribution is 2.13. The van der Waals surface area contributed by atoms with Crippen LogP contribution < -0.4 is 5.32 Å². The molecular weight excluding hydrogens is 162 g/mol. The number of rotatable bonds is 6. The van der Waals surface area contributed by atoms with E-state index in [2.05, 4.69) is 12.2 Å². The average Bonchev–Trinajstić information content (AvgIpc) is 2.19. The van der Waals surface area contributed by atoms with Gasteiger partial charge in [-0.25, -0.2) is 0 Å². The third kappa shape index (κ3) is 4.61. The first kappa shape index (κ1) is 10.2. The predicted molar refractivity (Wildman–Crippen MR) is 54.8 cm³/mol. The summed E-state index contributed by atoms with van der Waals surface area (Å²) in [6, 6.07) is 0. The maximum atomic E-state index is 5.30. The van der Waals surface area contributed by atoms with Gasteiger partial charge in [0.15, 0.2) is 0 Å². The molecule has 2 heteroatoms. The quantitative estimate of drug-likeness (QED) is 0.635. The topological polar surface area (TPSA) is 21.3 Å². The van der Waals surface area contributed by atoms with Crippen molar-refractivity contribution in [2.24, 2.45) is 0 Å². The van der Waals surface area contributed by atoms with Gasteiger partial charge in [-0.3, -0.25) is 0 Å². The van der Waals surface area contributed by atoms with Crippen LogP contribution in [0.1, 0.15) is 45.4 Å². The van der Waals surface area contributed by atoms with Crippen LogP contribution in [0.5, 0.6) is 0 Å². The molecule has 1 N–H and O–H groups in total. The number of unbranched alkanes of at least 4 members (excludes halogenated alkanes) is 4. The van der Waals surface area contributed by atoms with Gasteiger partial charge in [0, 0.05) is 18.8 Å². The lowest BCUT2D eigenvalue weighted by Crippen LogP contribution is -2.02. The van der Waals surface area contributed by atoms with Crippen molar-refractivity contribution in [3.05, 3.63) is 24.4 Å². The summed E-state index contributed by atoms with van der Waals surface area (Å²) in [5, 5.41) is 3.02. The van der Waals surface area contributed by atoms with Crippen molar-refractivity contribution in [2.45, 2.75) is 45.4 Å². The molecule has 1 rings (SSSR count). The van der Waals surface area contributed by atoms with Crippen LogP contribution in [0.3, 0.4) is 0 Å². The normalized spacial score (nSPS) is 14.7. The molecule has 0 saturated carbocycles. The second-order valence-electron chi connectivity index (χ2n) is 3.36. The lowest BCUT2D eigenvalue weighted by atomic mass is 10.1. The molecule has 0 aromatic heterocycles. The van der Waals surface area contributed by atoms with Gasteiger partial charge in [-0.2, -0.15) is 0 Å². The Morgan fingerprint density at radius 1 is 1.23 bits per heavy atom. The molecule has 1 heterocycles. The Hall–Kier alpha value is -0.920. The molecule has 0 radical (unpaired) electrons. The molecule has 0 aromatic carbocycles. The Kier molecular flexibility index (Phi) is 5.14. The monoisotopic (exact) mass is 181 g/mol. The SMILES string of the molecule is CCCCCCCC1=CNC=CO1. The van der Waals surface area contributed by atoms with Crippen molar-refractivity contribution in [1.29, 1.82) is 0 Å². The molecule has 0 aromatic rings. The minimum atomic E-state index is 1.05. The van der Waals surface area contributed by atoms with Gasteiger partial charge in [0.1, 0.15) is 12.0 Å². The first-order chi connectivity index (χ1) is 6.43. The Labute approximate surface area is 80.7 Å². The zero-order valence-corrected chi connectivity index (χ0v) is 8.38. The van der Waals surface area contributed by atoms with Gasteiger partial charge < -0.3 is 10.1 Å². The van der Waals surface area contributed by atoms with Gasteiger partial charge in [0.25, 0.3) is 0 Å². The molecule has 74 valence electrons. The highest BCUT2D eigenvalue weighted by molar-refractivity contribution is 5.00. The van der Waals surface area contributed by atoms with Gasteiger partial charge in [0.2, 0.25) is 0 Å². The highest BCUT2D eigenvalue weighted by Gasteiger charge is 1.99. The first-order valence-corrected chi connectivity index (χ1v) is 5.20. The summed E-state index contributed by atoms with van der Waals surface area (Å²) in [7, 11) is 0. The Balaban J connectivity index is 1.96. The molecule has 1 aliphatic heterocycles. The summed E-state index contributed by atoms with van der Waals surface area (Å²) in [5.74, 6) is 1.05. The fourth-order valence-corrected chi connectivity index (χ4v) is 1.37. The lowest BCUT2D eigenvalue weighted by molar-refractivity contribution is 0.316. The van der Waals surface area contributed by atoms with E-state index in [1.807, 2.05) is 6.20 Å². The standard InChI is InChI=1S/C11H19NO/c1-2-3-4-5-6-7-11-10-12-8-9-13-11/h8-10,12H,2-7H2,1H3. The molecule has 0 fully saturated rings. The second-order valence-corrected chi connectivity index (χ2v) is 3.36. The predicted octanol–water partition coefficient (Wildman–Crippen LogP) is 3.28. The average molecular weight is 181 g/mol. The van der Waals surface area contributed by atoms with Gasteiger partial charge in [0.05, 0.1) is 0 Å². The van der Waals surface area contributed by atoms with Crippen molar-refractivity contribution in [3.63, 3.8) is 0 Å². The third-order valence-electron chi connectivity index (χ3n) is 2.15. The summed E-state index contributed by atoms with van der Waals surface area (Å²) in [5.41, 5.74) is 0. The third-order valence-corrected chi connectivity index (χ3v) is 2.15. The lowest BCUT2D eigenvalue weighted by Gasteiger charge is -2.09. The van der Waals surface area contributed by atoms with E-state index in [0.29, 0.717) is 0 Å². The fourth-order valence-electron chi connectivity index (χ4n) is 1.37. The zero-order chi connectivity index (χ0) is 9.36. The smallest absolute Gasteiger partial charge is 0.119 e. The molecule has 2 nitrogen and oxygen atoms in total. The van der Waals surface area contributed by atoms with Crippen molar-refractivity contribution in [1.82, 2.24) is 5.32 Å². The minimum Gasteiger partial charge on any atom is -0.466 e. The van der Waals surface area contributed by atoms with E-state index >= 15 is 0 Å². The summed E-state index contributed by atoms with van der Waals surface area (Å²) in [6.07, 6.45) is 13.1. The molecule has 0 spiro atoms. The Bertz CT molecular complexity index is 185. The molecular formula is C11H19NO. The van der Waals surface area contributed by atoms with E-state index in [1.165, 1.54) is 32.1 Å².